The predicted octanol–water partition coefficient (Wildman–Crippen LogP) is 2.56. The van der Waals surface area contributed by atoms with Crippen LogP contribution in [0.3, 0.4) is 0 Å². The summed E-state index contributed by atoms with van der Waals surface area (Å²) in [7, 11) is 0. The molecule has 1 heterocycles. The Morgan fingerprint density at radius 2 is 2.00 bits per heavy atom. The fourth-order valence-electron chi connectivity index (χ4n) is 2.22. The smallest absolute Gasteiger partial charge is 0.323 e. The summed E-state index contributed by atoms with van der Waals surface area (Å²) in [5.74, 6) is -0.820. The number of nitrogens with zero attached hydrogens (tertiary/aromatic N) is 3. The highest BCUT2D eigenvalue weighted by Crippen LogP contribution is 2.18. The van der Waals surface area contributed by atoms with Crippen molar-refractivity contribution in [2.24, 2.45) is 0 Å². The summed E-state index contributed by atoms with van der Waals surface area (Å²) in [6.07, 6.45) is 3.73. The lowest BCUT2D eigenvalue weighted by atomic mass is 10.0. The number of carbonyl (C=O) groups is 1. The molecule has 0 saturated carbocycles. The van der Waals surface area contributed by atoms with Crippen LogP contribution >= 0.6 is 0 Å². The maximum atomic E-state index is 11.4. The highest BCUT2D eigenvalue weighted by atomic mass is 16.4. The Balaban J connectivity index is 2.17. The first-order valence-electron chi connectivity index (χ1n) is 7.02. The average Bonchev–Trinajstić information content (AvgIpc) is 2.94. The molecule has 5 nitrogen and oxygen atoms in total. The minimum absolute atomic E-state index is 0.558. The van der Waals surface area contributed by atoms with E-state index >= 15 is 0 Å². The van der Waals surface area contributed by atoms with E-state index in [2.05, 4.69) is 5.10 Å². The maximum Gasteiger partial charge on any atom is 0.323 e. The number of hydrogen-bond donors (Lipinski definition) is 1. The number of rotatable bonds is 6. The summed E-state index contributed by atoms with van der Waals surface area (Å²) >= 11 is 0. The highest BCUT2D eigenvalue weighted by Gasteiger charge is 2.33. The Hall–Kier alpha value is -2.14. The van der Waals surface area contributed by atoms with Gasteiger partial charge < -0.3 is 5.11 Å². The van der Waals surface area contributed by atoms with Crippen molar-refractivity contribution in [3.8, 4) is 5.69 Å². The lowest BCUT2D eigenvalue weighted by Crippen LogP contribution is -2.49. The van der Waals surface area contributed by atoms with Crippen LogP contribution in [0.1, 0.15) is 26.3 Å². The van der Waals surface area contributed by atoms with Gasteiger partial charge in [-0.3, -0.25) is 9.69 Å². The molecule has 1 aromatic heterocycles. The van der Waals surface area contributed by atoms with Gasteiger partial charge in [-0.2, -0.15) is 5.10 Å². The van der Waals surface area contributed by atoms with Crippen molar-refractivity contribution in [3.05, 3.63) is 48.3 Å². The Bertz CT molecular complexity index is 605. The van der Waals surface area contributed by atoms with Crippen molar-refractivity contribution in [1.29, 1.82) is 0 Å². The molecule has 0 bridgehead atoms. The van der Waals surface area contributed by atoms with E-state index in [9.17, 15) is 9.90 Å². The summed E-state index contributed by atoms with van der Waals surface area (Å²) in [5, 5.41) is 13.7. The second-order valence-corrected chi connectivity index (χ2v) is 5.51. The van der Waals surface area contributed by atoms with Gasteiger partial charge in [0, 0.05) is 18.3 Å². The molecule has 112 valence electrons. The lowest BCUT2D eigenvalue weighted by Gasteiger charge is -2.33. The number of carboxylic acids is 1. The van der Waals surface area contributed by atoms with Crippen molar-refractivity contribution in [2.75, 3.05) is 6.54 Å². The van der Waals surface area contributed by atoms with Crippen LogP contribution in [0.25, 0.3) is 5.69 Å². The zero-order valence-corrected chi connectivity index (χ0v) is 12.7. The fourth-order valence-corrected chi connectivity index (χ4v) is 2.22. The minimum Gasteiger partial charge on any atom is -0.480 e. The van der Waals surface area contributed by atoms with Crippen LogP contribution in [0.2, 0.25) is 0 Å². The zero-order valence-electron chi connectivity index (χ0n) is 12.7. The topological polar surface area (TPSA) is 58.4 Å². The minimum atomic E-state index is -0.899. The maximum absolute atomic E-state index is 11.4. The number of benzene rings is 1. The van der Waals surface area contributed by atoms with Crippen LogP contribution in [0.5, 0.6) is 0 Å². The molecule has 0 aliphatic rings. The molecule has 0 unspecified atom stereocenters. The first kappa shape index (κ1) is 15.3. The molecule has 1 aromatic carbocycles. The van der Waals surface area contributed by atoms with E-state index in [0.717, 1.165) is 11.3 Å². The van der Waals surface area contributed by atoms with E-state index < -0.39 is 11.5 Å². The van der Waals surface area contributed by atoms with Crippen molar-refractivity contribution in [1.82, 2.24) is 14.7 Å². The molecule has 0 aliphatic heterocycles. The Kier molecular flexibility index (Phi) is 4.43. The molecule has 21 heavy (non-hydrogen) atoms. The van der Waals surface area contributed by atoms with Gasteiger partial charge in [-0.25, -0.2) is 4.68 Å². The molecule has 0 fully saturated rings. The van der Waals surface area contributed by atoms with Crippen LogP contribution in [-0.2, 0) is 11.3 Å². The molecule has 0 atom stereocenters. The summed E-state index contributed by atoms with van der Waals surface area (Å²) in [4.78, 5) is 13.3. The first-order valence-corrected chi connectivity index (χ1v) is 7.02. The largest absolute Gasteiger partial charge is 0.480 e. The van der Waals surface area contributed by atoms with E-state index in [0.29, 0.717) is 13.1 Å². The monoisotopic (exact) mass is 287 g/mol. The average molecular weight is 287 g/mol. The Labute approximate surface area is 124 Å². The standard InChI is InChI=1S/C16H21N3O2/c1-4-18(16(2,3)15(20)21)11-13-10-17-19(12-13)14-8-6-5-7-9-14/h5-10,12H,4,11H2,1-3H3,(H,20,21). The Morgan fingerprint density at radius 3 is 2.57 bits per heavy atom. The van der Waals surface area contributed by atoms with Crippen molar-refractivity contribution in [3.63, 3.8) is 0 Å². The van der Waals surface area contributed by atoms with Gasteiger partial charge in [0.25, 0.3) is 0 Å². The molecule has 0 amide bonds. The summed E-state index contributed by atoms with van der Waals surface area (Å²) in [6.45, 7) is 6.63. The van der Waals surface area contributed by atoms with Crippen LogP contribution < -0.4 is 0 Å². The fraction of sp³-hybridized carbons (Fsp3) is 0.375. The van der Waals surface area contributed by atoms with Gasteiger partial charge in [-0.15, -0.1) is 0 Å². The van der Waals surface area contributed by atoms with Crippen LogP contribution in [0, 0.1) is 0 Å². The third-order valence-electron chi connectivity index (χ3n) is 3.73. The molecule has 0 saturated heterocycles. The van der Waals surface area contributed by atoms with E-state index in [1.165, 1.54) is 0 Å². The third kappa shape index (κ3) is 3.31. The lowest BCUT2D eigenvalue weighted by molar-refractivity contribution is -0.149. The third-order valence-corrected chi connectivity index (χ3v) is 3.73. The van der Waals surface area contributed by atoms with Gasteiger partial charge in [0.05, 0.1) is 11.9 Å². The second-order valence-electron chi connectivity index (χ2n) is 5.51. The van der Waals surface area contributed by atoms with Crippen molar-refractivity contribution < 1.29 is 9.90 Å². The number of para-hydroxylation sites is 1. The molecule has 2 aromatic rings. The number of hydrogen-bond acceptors (Lipinski definition) is 3. The Morgan fingerprint density at radius 1 is 1.33 bits per heavy atom. The number of aromatic nitrogens is 2. The van der Waals surface area contributed by atoms with Crippen LogP contribution in [-0.4, -0.2) is 37.8 Å². The molecule has 0 spiro atoms. The number of likely N-dealkylation sites (N-methyl/N-ethyl adjacent to an activating group) is 1. The van der Waals surface area contributed by atoms with Gasteiger partial charge in [0.15, 0.2) is 0 Å². The van der Waals surface area contributed by atoms with E-state index in [-0.39, 0.29) is 0 Å². The normalized spacial score (nSPS) is 11.8. The van der Waals surface area contributed by atoms with E-state index in [1.807, 2.05) is 48.4 Å². The quantitative estimate of drug-likeness (QED) is 0.887. The zero-order chi connectivity index (χ0) is 15.5. The second kappa shape index (κ2) is 6.10. The molecule has 0 aliphatic carbocycles. The molecule has 0 radical (unpaired) electrons. The van der Waals surface area contributed by atoms with E-state index in [1.54, 1.807) is 24.7 Å². The summed E-state index contributed by atoms with van der Waals surface area (Å²) < 4.78 is 1.80. The van der Waals surface area contributed by atoms with Gasteiger partial charge in [0.1, 0.15) is 5.54 Å². The first-order chi connectivity index (χ1) is 9.95. The molecular weight excluding hydrogens is 266 g/mol. The number of aliphatic carboxylic acids is 1. The van der Waals surface area contributed by atoms with Crippen molar-refractivity contribution >= 4 is 5.97 Å². The van der Waals surface area contributed by atoms with Crippen LogP contribution in [0.4, 0.5) is 0 Å². The highest BCUT2D eigenvalue weighted by molar-refractivity contribution is 5.77. The van der Waals surface area contributed by atoms with E-state index in [4.69, 9.17) is 0 Å². The van der Waals surface area contributed by atoms with Gasteiger partial charge >= 0.3 is 5.97 Å². The molecule has 5 heteroatoms. The molecule has 1 N–H and O–H groups in total. The summed E-state index contributed by atoms with van der Waals surface area (Å²) in [5.41, 5.74) is 1.09. The SMILES string of the molecule is CCN(Cc1cnn(-c2ccccc2)c1)C(C)(C)C(=O)O. The van der Waals surface area contributed by atoms with Crippen LogP contribution in [0.15, 0.2) is 42.7 Å². The van der Waals surface area contributed by atoms with Gasteiger partial charge in [-0.1, -0.05) is 25.1 Å². The number of carboxylic acid groups (broad SMARTS) is 1. The van der Waals surface area contributed by atoms with Crippen molar-refractivity contribution in [2.45, 2.75) is 32.9 Å². The molecular formula is C16H21N3O2. The predicted molar refractivity (Wildman–Crippen MR) is 81.4 cm³/mol. The molecule has 2 rings (SSSR count). The summed E-state index contributed by atoms with van der Waals surface area (Å²) in [6, 6.07) is 9.85. The van der Waals surface area contributed by atoms with Gasteiger partial charge in [0.2, 0.25) is 0 Å². The van der Waals surface area contributed by atoms with Gasteiger partial charge in [-0.05, 0) is 32.5 Å².